The van der Waals surface area contributed by atoms with Crippen molar-refractivity contribution in [2.24, 2.45) is 12.0 Å². The van der Waals surface area contributed by atoms with Crippen molar-refractivity contribution in [3.05, 3.63) is 35.5 Å². The zero-order chi connectivity index (χ0) is 16.2. The van der Waals surface area contributed by atoms with Crippen LogP contribution in [0.4, 0.5) is 0 Å². The molecule has 0 radical (unpaired) electrons. The zero-order valence-corrected chi connectivity index (χ0v) is 13.7. The van der Waals surface area contributed by atoms with Gasteiger partial charge in [0.2, 0.25) is 0 Å². The van der Waals surface area contributed by atoms with Gasteiger partial charge in [-0.05, 0) is 6.92 Å². The predicted octanol–water partition coefficient (Wildman–Crippen LogP) is 0.865. The first kappa shape index (κ1) is 15.5. The normalized spacial score (nSPS) is 19.2. The fourth-order valence-corrected chi connectivity index (χ4v) is 2.65. The van der Waals surface area contributed by atoms with Crippen LogP contribution in [0.1, 0.15) is 23.1 Å². The van der Waals surface area contributed by atoms with E-state index in [1.165, 1.54) is 0 Å². The molecule has 0 spiro atoms. The van der Waals surface area contributed by atoms with Crippen LogP contribution in [-0.4, -0.2) is 52.5 Å². The highest BCUT2D eigenvalue weighted by atomic mass is 16.5. The Bertz CT molecular complexity index is 677. The quantitative estimate of drug-likeness (QED) is 0.668. The summed E-state index contributed by atoms with van der Waals surface area (Å²) in [6.07, 6.45) is 3.84. The number of aliphatic imine (C=N–C) groups is 1. The van der Waals surface area contributed by atoms with Crippen LogP contribution < -0.4 is 5.32 Å². The minimum atomic E-state index is 0.00326. The number of nitrogens with zero attached hydrogens (tertiary/aromatic N) is 5. The molecule has 0 saturated carbocycles. The highest BCUT2D eigenvalue weighted by Gasteiger charge is 2.25. The van der Waals surface area contributed by atoms with Gasteiger partial charge in [-0.2, -0.15) is 5.10 Å². The van der Waals surface area contributed by atoms with Crippen LogP contribution in [0, 0.1) is 6.92 Å². The molecular weight excluding hydrogens is 296 g/mol. The van der Waals surface area contributed by atoms with E-state index in [0.717, 1.165) is 36.1 Å². The van der Waals surface area contributed by atoms with Crippen LogP contribution in [0.2, 0.25) is 0 Å². The number of aryl methyl sites for hydroxylation is 2. The van der Waals surface area contributed by atoms with Crippen LogP contribution in [-0.2, 0) is 18.3 Å². The van der Waals surface area contributed by atoms with E-state index in [1.54, 1.807) is 11.7 Å². The summed E-state index contributed by atoms with van der Waals surface area (Å²) in [6, 6.07) is 1.91. The van der Waals surface area contributed by atoms with Gasteiger partial charge in [0.05, 0.1) is 31.6 Å². The van der Waals surface area contributed by atoms with E-state index in [4.69, 9.17) is 9.26 Å². The SMILES string of the molecule is CN=C(NCc1cc(C)no1)N1CCOC(c2cnn(C)c2)C1. The number of guanidine groups is 1. The molecule has 1 unspecified atom stereocenters. The van der Waals surface area contributed by atoms with Gasteiger partial charge in [0.25, 0.3) is 0 Å². The largest absolute Gasteiger partial charge is 0.370 e. The molecule has 1 atom stereocenters. The molecular formula is C15H22N6O2. The number of hydrogen-bond acceptors (Lipinski definition) is 5. The second-order valence-corrected chi connectivity index (χ2v) is 5.59. The van der Waals surface area contributed by atoms with E-state index in [0.29, 0.717) is 13.2 Å². The van der Waals surface area contributed by atoms with Crippen molar-refractivity contribution in [1.82, 2.24) is 25.2 Å². The third-order valence-corrected chi connectivity index (χ3v) is 3.77. The maximum Gasteiger partial charge on any atom is 0.194 e. The Morgan fingerprint density at radius 1 is 1.52 bits per heavy atom. The molecule has 1 aliphatic rings. The summed E-state index contributed by atoms with van der Waals surface area (Å²) in [5.74, 6) is 1.62. The minimum Gasteiger partial charge on any atom is -0.370 e. The van der Waals surface area contributed by atoms with Crippen molar-refractivity contribution in [2.45, 2.75) is 19.6 Å². The maximum atomic E-state index is 5.86. The van der Waals surface area contributed by atoms with Crippen molar-refractivity contribution in [1.29, 1.82) is 0 Å². The van der Waals surface area contributed by atoms with Gasteiger partial charge in [0, 0.05) is 38.5 Å². The molecule has 0 aromatic carbocycles. The van der Waals surface area contributed by atoms with Crippen LogP contribution in [0.3, 0.4) is 0 Å². The van der Waals surface area contributed by atoms with Gasteiger partial charge in [-0.3, -0.25) is 9.67 Å². The Morgan fingerprint density at radius 2 is 2.39 bits per heavy atom. The topological polar surface area (TPSA) is 80.7 Å². The van der Waals surface area contributed by atoms with Crippen molar-refractivity contribution >= 4 is 5.96 Å². The second-order valence-electron chi connectivity index (χ2n) is 5.59. The third-order valence-electron chi connectivity index (χ3n) is 3.77. The number of rotatable bonds is 3. The second kappa shape index (κ2) is 6.82. The Balaban J connectivity index is 1.61. The summed E-state index contributed by atoms with van der Waals surface area (Å²) in [5, 5.41) is 11.4. The number of ether oxygens (including phenoxy) is 1. The van der Waals surface area contributed by atoms with Crippen LogP contribution in [0.5, 0.6) is 0 Å². The third kappa shape index (κ3) is 3.70. The van der Waals surface area contributed by atoms with Gasteiger partial charge in [-0.25, -0.2) is 0 Å². The number of morpholine rings is 1. The van der Waals surface area contributed by atoms with Crippen LogP contribution in [0.25, 0.3) is 0 Å². The van der Waals surface area contributed by atoms with Crippen LogP contribution in [0.15, 0.2) is 28.0 Å². The fraction of sp³-hybridized carbons (Fsp3) is 0.533. The zero-order valence-electron chi connectivity index (χ0n) is 13.7. The first-order valence-corrected chi connectivity index (χ1v) is 7.63. The Kier molecular flexibility index (Phi) is 4.61. The smallest absolute Gasteiger partial charge is 0.194 e. The lowest BCUT2D eigenvalue weighted by atomic mass is 10.1. The van der Waals surface area contributed by atoms with Crippen molar-refractivity contribution in [3.8, 4) is 0 Å². The summed E-state index contributed by atoms with van der Waals surface area (Å²) >= 11 is 0. The highest BCUT2D eigenvalue weighted by Crippen LogP contribution is 2.21. The lowest BCUT2D eigenvalue weighted by Crippen LogP contribution is -2.47. The van der Waals surface area contributed by atoms with Gasteiger partial charge < -0.3 is 19.5 Å². The molecule has 1 N–H and O–H groups in total. The first-order valence-electron chi connectivity index (χ1n) is 7.63. The molecule has 2 aromatic heterocycles. The van der Waals surface area contributed by atoms with Gasteiger partial charge in [-0.1, -0.05) is 5.16 Å². The van der Waals surface area contributed by atoms with E-state index in [9.17, 15) is 0 Å². The Morgan fingerprint density at radius 3 is 3.04 bits per heavy atom. The summed E-state index contributed by atoms with van der Waals surface area (Å²) < 4.78 is 12.9. The van der Waals surface area contributed by atoms with Crippen molar-refractivity contribution in [2.75, 3.05) is 26.7 Å². The van der Waals surface area contributed by atoms with Gasteiger partial charge in [0.15, 0.2) is 11.7 Å². The number of aromatic nitrogens is 3. The average Bonchev–Trinajstić information content (AvgIpc) is 3.17. The lowest BCUT2D eigenvalue weighted by molar-refractivity contribution is -0.00808. The van der Waals surface area contributed by atoms with E-state index in [-0.39, 0.29) is 6.10 Å². The predicted molar refractivity (Wildman–Crippen MR) is 84.9 cm³/mol. The Labute approximate surface area is 135 Å². The van der Waals surface area contributed by atoms with E-state index < -0.39 is 0 Å². The average molecular weight is 318 g/mol. The molecule has 0 aliphatic carbocycles. The summed E-state index contributed by atoms with van der Waals surface area (Å²) in [6.45, 7) is 4.65. The summed E-state index contributed by atoms with van der Waals surface area (Å²) in [7, 11) is 3.69. The minimum absolute atomic E-state index is 0.00326. The van der Waals surface area contributed by atoms with Crippen LogP contribution >= 0.6 is 0 Å². The molecule has 23 heavy (non-hydrogen) atoms. The molecule has 1 fully saturated rings. The standard InChI is InChI=1S/C15H22N6O2/c1-11-6-13(23-19-11)8-17-15(16-2)21-4-5-22-14(10-21)12-7-18-20(3)9-12/h6-7,9,14H,4-5,8,10H2,1-3H3,(H,16,17). The number of nitrogens with one attached hydrogen (secondary N) is 1. The summed E-state index contributed by atoms with van der Waals surface area (Å²) in [4.78, 5) is 6.54. The molecule has 1 saturated heterocycles. The maximum absolute atomic E-state index is 5.86. The van der Waals surface area contributed by atoms with Crippen molar-refractivity contribution in [3.63, 3.8) is 0 Å². The molecule has 3 heterocycles. The lowest BCUT2D eigenvalue weighted by Gasteiger charge is -2.34. The van der Waals surface area contributed by atoms with E-state index in [2.05, 4.69) is 25.5 Å². The molecule has 2 aromatic rings. The van der Waals surface area contributed by atoms with Gasteiger partial charge in [-0.15, -0.1) is 0 Å². The molecule has 8 heteroatoms. The monoisotopic (exact) mass is 318 g/mol. The Hall–Kier alpha value is -2.35. The van der Waals surface area contributed by atoms with Gasteiger partial charge in [0.1, 0.15) is 6.10 Å². The van der Waals surface area contributed by atoms with Crippen molar-refractivity contribution < 1.29 is 9.26 Å². The molecule has 0 bridgehead atoms. The molecule has 3 rings (SSSR count). The fourth-order valence-electron chi connectivity index (χ4n) is 2.65. The molecule has 1 aliphatic heterocycles. The summed E-state index contributed by atoms with van der Waals surface area (Å²) in [5.41, 5.74) is 1.96. The molecule has 8 nitrogen and oxygen atoms in total. The first-order chi connectivity index (χ1) is 11.2. The van der Waals surface area contributed by atoms with E-state index in [1.807, 2.05) is 32.4 Å². The molecule has 124 valence electrons. The van der Waals surface area contributed by atoms with E-state index >= 15 is 0 Å². The highest BCUT2D eigenvalue weighted by molar-refractivity contribution is 5.80. The van der Waals surface area contributed by atoms with Gasteiger partial charge >= 0.3 is 0 Å². The molecule has 0 amide bonds. The number of hydrogen-bond donors (Lipinski definition) is 1.